The summed E-state index contributed by atoms with van der Waals surface area (Å²) in [4.78, 5) is 26.4. The number of amides is 1. The van der Waals surface area contributed by atoms with Crippen molar-refractivity contribution in [2.24, 2.45) is 0 Å². The molecule has 1 aliphatic heterocycles. The fraction of sp³-hybridized carbons (Fsp3) is 0.417. The number of aromatic nitrogens is 1. The number of nitrogens with zero attached hydrogens (tertiary/aromatic N) is 1. The van der Waals surface area contributed by atoms with E-state index in [4.69, 9.17) is 33.0 Å². The Labute approximate surface area is 125 Å². The molecule has 1 fully saturated rings. The van der Waals surface area contributed by atoms with E-state index in [1.54, 1.807) is 0 Å². The quantitative estimate of drug-likeness (QED) is 0.826. The van der Waals surface area contributed by atoms with Gasteiger partial charge in [-0.05, 0) is 18.9 Å². The van der Waals surface area contributed by atoms with Gasteiger partial charge >= 0.3 is 5.97 Å². The third-order valence-corrected chi connectivity index (χ3v) is 3.62. The second-order valence-electron chi connectivity index (χ2n) is 4.37. The van der Waals surface area contributed by atoms with Gasteiger partial charge in [0.1, 0.15) is 5.15 Å². The van der Waals surface area contributed by atoms with Gasteiger partial charge in [0, 0.05) is 12.7 Å². The molecule has 20 heavy (non-hydrogen) atoms. The molecule has 2 rings (SSSR count). The Morgan fingerprint density at radius 3 is 2.80 bits per heavy atom. The van der Waals surface area contributed by atoms with Gasteiger partial charge in [-0.2, -0.15) is 0 Å². The molecular weight excluding hydrogens is 307 g/mol. The number of nitrogens with one attached hydrogen (secondary N) is 1. The fourth-order valence-electron chi connectivity index (χ4n) is 1.89. The van der Waals surface area contributed by atoms with Crippen LogP contribution in [0.15, 0.2) is 12.3 Å². The van der Waals surface area contributed by atoms with Crippen molar-refractivity contribution in [3.05, 3.63) is 28.0 Å². The molecule has 108 valence electrons. The van der Waals surface area contributed by atoms with Gasteiger partial charge in [0.2, 0.25) is 0 Å². The summed E-state index contributed by atoms with van der Waals surface area (Å²) in [6.45, 7) is 0.239. The number of hydrogen-bond donors (Lipinski definition) is 2. The average molecular weight is 319 g/mol. The van der Waals surface area contributed by atoms with Crippen LogP contribution in [0.5, 0.6) is 0 Å². The lowest BCUT2D eigenvalue weighted by Crippen LogP contribution is -2.33. The molecule has 2 heterocycles. The van der Waals surface area contributed by atoms with Crippen LogP contribution >= 0.6 is 23.2 Å². The predicted octanol–water partition coefficient (Wildman–Crippen LogP) is 1.75. The zero-order valence-corrected chi connectivity index (χ0v) is 11.8. The summed E-state index contributed by atoms with van der Waals surface area (Å²) in [5.74, 6) is -1.34. The first-order valence-electron chi connectivity index (χ1n) is 5.95. The molecular formula is C12H12Cl2N2O4. The second-order valence-corrected chi connectivity index (χ2v) is 5.13. The zero-order chi connectivity index (χ0) is 14.7. The minimum absolute atomic E-state index is 0.131. The Bertz CT molecular complexity index is 538. The van der Waals surface area contributed by atoms with Crippen molar-refractivity contribution >= 4 is 35.1 Å². The largest absolute Gasteiger partial charge is 0.479 e. The number of aliphatic carboxylic acids is 1. The number of pyridine rings is 1. The van der Waals surface area contributed by atoms with Crippen LogP contribution in [-0.4, -0.2) is 40.7 Å². The highest BCUT2D eigenvalue weighted by molar-refractivity contribution is 6.41. The van der Waals surface area contributed by atoms with Gasteiger partial charge in [0.15, 0.2) is 6.10 Å². The molecule has 0 bridgehead atoms. The van der Waals surface area contributed by atoms with Gasteiger partial charge in [0.05, 0.1) is 16.7 Å². The van der Waals surface area contributed by atoms with E-state index in [1.807, 2.05) is 0 Å². The number of halogens is 2. The lowest BCUT2D eigenvalue weighted by molar-refractivity contribution is -0.149. The Hall–Kier alpha value is -1.37. The molecule has 0 aromatic carbocycles. The minimum atomic E-state index is -0.979. The number of ether oxygens (including phenoxy) is 1. The summed E-state index contributed by atoms with van der Waals surface area (Å²) in [5.41, 5.74) is 0.284. The van der Waals surface area contributed by atoms with Crippen LogP contribution in [0.4, 0.5) is 0 Å². The second kappa shape index (κ2) is 6.39. The molecule has 8 heteroatoms. The maximum atomic E-state index is 11.9. The lowest BCUT2D eigenvalue weighted by Gasteiger charge is -2.12. The standard InChI is InChI=1S/C12H12Cl2N2O4/c13-8-3-6(4-15-10(8)14)11(17)16-5-7-1-2-9(20-7)12(18)19/h3-4,7,9H,1-2,5H2,(H,16,17)(H,18,19). The summed E-state index contributed by atoms with van der Waals surface area (Å²) < 4.78 is 5.27. The topological polar surface area (TPSA) is 88.5 Å². The van der Waals surface area contributed by atoms with Gasteiger partial charge in [-0.1, -0.05) is 23.2 Å². The number of carboxylic acids is 1. The first kappa shape index (κ1) is 15.0. The maximum Gasteiger partial charge on any atom is 0.332 e. The SMILES string of the molecule is O=C(NCC1CCC(C(=O)O)O1)c1cnc(Cl)c(Cl)c1. The third-order valence-electron chi connectivity index (χ3n) is 2.93. The van der Waals surface area contributed by atoms with Gasteiger partial charge in [0.25, 0.3) is 5.91 Å². The van der Waals surface area contributed by atoms with Gasteiger partial charge in [-0.3, -0.25) is 4.79 Å². The van der Waals surface area contributed by atoms with Crippen LogP contribution < -0.4 is 5.32 Å². The monoisotopic (exact) mass is 318 g/mol. The number of rotatable bonds is 4. The summed E-state index contributed by atoms with van der Waals surface area (Å²) in [6.07, 6.45) is 1.28. The molecule has 2 N–H and O–H groups in total. The summed E-state index contributed by atoms with van der Waals surface area (Å²) >= 11 is 11.4. The zero-order valence-electron chi connectivity index (χ0n) is 10.3. The van der Waals surface area contributed by atoms with Crippen molar-refractivity contribution in [2.45, 2.75) is 25.0 Å². The van der Waals surface area contributed by atoms with E-state index in [2.05, 4.69) is 10.3 Å². The molecule has 0 aliphatic carbocycles. The van der Waals surface area contributed by atoms with Crippen LogP contribution in [0.2, 0.25) is 10.2 Å². The molecule has 1 aromatic rings. The number of hydrogen-bond acceptors (Lipinski definition) is 4. The van der Waals surface area contributed by atoms with Gasteiger partial charge < -0.3 is 15.2 Å². The molecule has 2 atom stereocenters. The Kier molecular flexibility index (Phi) is 4.80. The Morgan fingerprint density at radius 1 is 1.45 bits per heavy atom. The van der Waals surface area contributed by atoms with Gasteiger partial charge in [-0.25, -0.2) is 9.78 Å². The van der Waals surface area contributed by atoms with Crippen LogP contribution in [-0.2, 0) is 9.53 Å². The summed E-state index contributed by atoms with van der Waals surface area (Å²) in [5, 5.41) is 11.8. The number of carbonyl (C=O) groups excluding carboxylic acids is 1. The van der Waals surface area contributed by atoms with Crippen LogP contribution in [0.25, 0.3) is 0 Å². The lowest BCUT2D eigenvalue weighted by atomic mass is 10.2. The number of carboxylic acid groups (broad SMARTS) is 1. The van der Waals surface area contributed by atoms with E-state index in [0.717, 1.165) is 0 Å². The van der Waals surface area contributed by atoms with Crippen molar-refractivity contribution in [1.29, 1.82) is 0 Å². The average Bonchev–Trinajstić information content (AvgIpc) is 2.88. The first-order valence-corrected chi connectivity index (χ1v) is 6.70. The fourth-order valence-corrected chi connectivity index (χ4v) is 2.16. The minimum Gasteiger partial charge on any atom is -0.479 e. The van der Waals surface area contributed by atoms with E-state index < -0.39 is 12.1 Å². The molecule has 1 aromatic heterocycles. The normalized spacial score (nSPS) is 21.7. The van der Waals surface area contributed by atoms with Crippen molar-refractivity contribution < 1.29 is 19.4 Å². The molecule has 0 spiro atoms. The molecule has 0 radical (unpaired) electrons. The van der Waals surface area contributed by atoms with Crippen LogP contribution in [0, 0.1) is 0 Å². The molecule has 1 amide bonds. The predicted molar refractivity (Wildman–Crippen MR) is 72.1 cm³/mol. The highest BCUT2D eigenvalue weighted by Crippen LogP contribution is 2.21. The molecule has 6 nitrogen and oxygen atoms in total. The van der Waals surface area contributed by atoms with E-state index in [9.17, 15) is 9.59 Å². The molecule has 0 saturated carbocycles. The molecule has 1 saturated heterocycles. The van der Waals surface area contributed by atoms with Crippen molar-refractivity contribution in [3.8, 4) is 0 Å². The van der Waals surface area contributed by atoms with E-state index in [0.29, 0.717) is 12.8 Å². The van der Waals surface area contributed by atoms with E-state index in [-0.39, 0.29) is 34.3 Å². The van der Waals surface area contributed by atoms with Gasteiger partial charge in [-0.15, -0.1) is 0 Å². The maximum absolute atomic E-state index is 11.9. The first-order chi connectivity index (χ1) is 9.47. The van der Waals surface area contributed by atoms with Crippen LogP contribution in [0.3, 0.4) is 0 Å². The van der Waals surface area contributed by atoms with Crippen LogP contribution in [0.1, 0.15) is 23.2 Å². The highest BCUT2D eigenvalue weighted by atomic mass is 35.5. The van der Waals surface area contributed by atoms with E-state index in [1.165, 1.54) is 12.3 Å². The number of carbonyl (C=O) groups is 2. The smallest absolute Gasteiger partial charge is 0.332 e. The Morgan fingerprint density at radius 2 is 2.20 bits per heavy atom. The third kappa shape index (κ3) is 3.59. The summed E-state index contributed by atoms with van der Waals surface area (Å²) in [6, 6.07) is 1.42. The molecule has 1 aliphatic rings. The van der Waals surface area contributed by atoms with Crippen molar-refractivity contribution in [1.82, 2.24) is 10.3 Å². The van der Waals surface area contributed by atoms with E-state index >= 15 is 0 Å². The highest BCUT2D eigenvalue weighted by Gasteiger charge is 2.30. The van der Waals surface area contributed by atoms with Crippen molar-refractivity contribution in [3.63, 3.8) is 0 Å². The molecule has 2 unspecified atom stereocenters. The van der Waals surface area contributed by atoms with Crippen molar-refractivity contribution in [2.75, 3.05) is 6.54 Å². The summed E-state index contributed by atoms with van der Waals surface area (Å²) in [7, 11) is 0. The Balaban J connectivity index is 1.86.